The van der Waals surface area contributed by atoms with Gasteiger partial charge in [-0.15, -0.1) is 0 Å². The van der Waals surface area contributed by atoms with Crippen LogP contribution in [0.2, 0.25) is 0 Å². The molecule has 4 atom stereocenters. The lowest BCUT2D eigenvalue weighted by Gasteiger charge is -2.29. The highest BCUT2D eigenvalue weighted by atomic mass is 16.5. The molecule has 1 fully saturated rings. The quantitative estimate of drug-likeness (QED) is 0.642. The Morgan fingerprint density at radius 1 is 1.61 bits per heavy atom. The summed E-state index contributed by atoms with van der Waals surface area (Å²) in [5, 5.41) is 11.7. The number of rotatable bonds is 5. The smallest absolute Gasteiger partial charge is 0.326 e. The zero-order chi connectivity index (χ0) is 13.9. The Labute approximate surface area is 107 Å². The lowest BCUT2D eigenvalue weighted by molar-refractivity contribution is -0.145. The van der Waals surface area contributed by atoms with Crippen molar-refractivity contribution in [1.82, 2.24) is 5.32 Å². The Bertz CT molecular complexity index is 334. The van der Waals surface area contributed by atoms with Crippen LogP contribution in [0, 0.1) is 11.3 Å². The first-order chi connectivity index (χ1) is 8.32. The molecule has 0 spiro atoms. The van der Waals surface area contributed by atoms with E-state index in [1.54, 1.807) is 13.8 Å². The summed E-state index contributed by atoms with van der Waals surface area (Å²) in [7, 11) is 0. The molecule has 0 radical (unpaired) electrons. The van der Waals surface area contributed by atoms with Gasteiger partial charge in [-0.25, -0.2) is 4.79 Å². The Hall–Kier alpha value is -1.14. The van der Waals surface area contributed by atoms with Crippen molar-refractivity contribution < 1.29 is 19.4 Å². The third-order valence-electron chi connectivity index (χ3n) is 3.80. The SMILES string of the molecule is CCC(C)[C@H](NC(=O)C1(C)COCC1N)C(=O)O. The Morgan fingerprint density at radius 3 is 2.61 bits per heavy atom. The maximum Gasteiger partial charge on any atom is 0.326 e. The standard InChI is InChI=1S/C12H22N2O4/c1-4-7(2)9(10(15)16)14-11(17)12(3)6-18-5-8(12)13/h7-9H,4-6,13H2,1-3H3,(H,14,17)(H,15,16)/t7?,8?,9-,12?/m0/s1. The molecule has 0 aliphatic carbocycles. The summed E-state index contributed by atoms with van der Waals surface area (Å²) in [6.45, 7) is 5.94. The van der Waals surface area contributed by atoms with Gasteiger partial charge in [0.2, 0.25) is 5.91 Å². The van der Waals surface area contributed by atoms with Gasteiger partial charge in [-0.05, 0) is 12.8 Å². The van der Waals surface area contributed by atoms with E-state index in [2.05, 4.69) is 5.32 Å². The molecule has 0 aromatic rings. The zero-order valence-corrected chi connectivity index (χ0v) is 11.1. The van der Waals surface area contributed by atoms with Crippen LogP contribution in [0.15, 0.2) is 0 Å². The molecule has 3 unspecified atom stereocenters. The lowest BCUT2D eigenvalue weighted by atomic mass is 9.84. The van der Waals surface area contributed by atoms with Gasteiger partial charge in [0.25, 0.3) is 0 Å². The van der Waals surface area contributed by atoms with Gasteiger partial charge < -0.3 is 20.9 Å². The summed E-state index contributed by atoms with van der Waals surface area (Å²) in [5.74, 6) is -1.50. The third-order valence-corrected chi connectivity index (χ3v) is 3.80. The van der Waals surface area contributed by atoms with Crippen molar-refractivity contribution in [1.29, 1.82) is 0 Å². The molecule has 1 amide bonds. The number of carbonyl (C=O) groups is 2. The summed E-state index contributed by atoms with van der Waals surface area (Å²) >= 11 is 0. The largest absolute Gasteiger partial charge is 0.480 e. The molecule has 1 heterocycles. The summed E-state index contributed by atoms with van der Waals surface area (Å²) in [5.41, 5.74) is 5.00. The number of carbonyl (C=O) groups excluding carboxylic acids is 1. The number of nitrogens with one attached hydrogen (secondary N) is 1. The highest BCUT2D eigenvalue weighted by molar-refractivity contribution is 5.88. The molecule has 4 N–H and O–H groups in total. The Morgan fingerprint density at radius 2 is 2.22 bits per heavy atom. The van der Waals surface area contributed by atoms with Gasteiger partial charge in [0.15, 0.2) is 0 Å². The molecule has 0 aromatic carbocycles. The Balaban J connectivity index is 2.75. The predicted octanol–water partition coefficient (Wildman–Crippen LogP) is -0.0343. The van der Waals surface area contributed by atoms with Gasteiger partial charge in [0, 0.05) is 6.04 Å². The monoisotopic (exact) mass is 258 g/mol. The van der Waals surface area contributed by atoms with Crippen LogP contribution in [-0.4, -0.2) is 42.3 Å². The molecule has 1 saturated heterocycles. The van der Waals surface area contributed by atoms with E-state index in [9.17, 15) is 9.59 Å². The molecule has 1 aliphatic rings. The van der Waals surface area contributed by atoms with Crippen LogP contribution in [0.5, 0.6) is 0 Å². The third kappa shape index (κ3) is 2.81. The van der Waals surface area contributed by atoms with Crippen LogP contribution in [-0.2, 0) is 14.3 Å². The number of aliphatic carboxylic acids is 1. The first-order valence-electron chi connectivity index (χ1n) is 6.20. The van der Waals surface area contributed by atoms with Crippen molar-refractivity contribution in [3.8, 4) is 0 Å². The Kier molecular flexibility index (Phi) is 4.70. The molecule has 0 aromatic heterocycles. The van der Waals surface area contributed by atoms with Gasteiger partial charge in [0.1, 0.15) is 6.04 Å². The molecule has 0 saturated carbocycles. The highest BCUT2D eigenvalue weighted by Crippen LogP contribution is 2.27. The van der Waals surface area contributed by atoms with E-state index in [4.69, 9.17) is 15.6 Å². The van der Waals surface area contributed by atoms with Crippen LogP contribution in [0.1, 0.15) is 27.2 Å². The van der Waals surface area contributed by atoms with Gasteiger partial charge in [-0.2, -0.15) is 0 Å². The van der Waals surface area contributed by atoms with Crippen molar-refractivity contribution in [3.05, 3.63) is 0 Å². The molecule has 1 rings (SSSR count). The van der Waals surface area contributed by atoms with Crippen molar-refractivity contribution in [2.75, 3.05) is 13.2 Å². The van der Waals surface area contributed by atoms with E-state index < -0.39 is 23.5 Å². The number of hydrogen-bond acceptors (Lipinski definition) is 4. The molecule has 6 heteroatoms. The number of carboxylic acid groups (broad SMARTS) is 1. The summed E-state index contributed by atoms with van der Waals surface area (Å²) in [4.78, 5) is 23.3. The van der Waals surface area contributed by atoms with Crippen LogP contribution < -0.4 is 11.1 Å². The lowest BCUT2D eigenvalue weighted by Crippen LogP contribution is -2.55. The van der Waals surface area contributed by atoms with Gasteiger partial charge >= 0.3 is 5.97 Å². The minimum Gasteiger partial charge on any atom is -0.480 e. The molecule has 0 bridgehead atoms. The minimum absolute atomic E-state index is 0.131. The first kappa shape index (κ1) is 14.9. The van der Waals surface area contributed by atoms with Gasteiger partial charge in [-0.3, -0.25) is 4.79 Å². The van der Waals surface area contributed by atoms with E-state index in [1.807, 2.05) is 6.92 Å². The van der Waals surface area contributed by atoms with Crippen molar-refractivity contribution >= 4 is 11.9 Å². The normalized spacial score (nSPS) is 30.8. The van der Waals surface area contributed by atoms with E-state index in [0.717, 1.165) is 0 Å². The van der Waals surface area contributed by atoms with Crippen LogP contribution in [0.25, 0.3) is 0 Å². The van der Waals surface area contributed by atoms with Gasteiger partial charge in [0.05, 0.1) is 18.6 Å². The molecular weight excluding hydrogens is 236 g/mol. The molecule has 1 aliphatic heterocycles. The molecule has 6 nitrogen and oxygen atoms in total. The summed E-state index contributed by atoms with van der Waals surface area (Å²) in [6, 6.07) is -1.28. The predicted molar refractivity (Wildman–Crippen MR) is 65.9 cm³/mol. The van der Waals surface area contributed by atoms with Crippen molar-refractivity contribution in [2.45, 2.75) is 39.3 Å². The second kappa shape index (κ2) is 5.67. The molecular formula is C12H22N2O4. The van der Waals surface area contributed by atoms with Gasteiger partial charge in [-0.1, -0.05) is 20.3 Å². The second-order valence-corrected chi connectivity index (χ2v) is 5.21. The number of carboxylic acids is 1. The van der Waals surface area contributed by atoms with Crippen LogP contribution >= 0.6 is 0 Å². The fraction of sp³-hybridized carbons (Fsp3) is 0.833. The topological polar surface area (TPSA) is 102 Å². The van der Waals surface area contributed by atoms with Crippen molar-refractivity contribution in [2.24, 2.45) is 17.1 Å². The van der Waals surface area contributed by atoms with E-state index in [1.165, 1.54) is 0 Å². The minimum atomic E-state index is -1.02. The van der Waals surface area contributed by atoms with Crippen LogP contribution in [0.4, 0.5) is 0 Å². The summed E-state index contributed by atoms with van der Waals surface area (Å²) < 4.78 is 5.19. The summed E-state index contributed by atoms with van der Waals surface area (Å²) in [6.07, 6.45) is 0.677. The van der Waals surface area contributed by atoms with E-state index >= 15 is 0 Å². The maximum atomic E-state index is 12.2. The number of nitrogens with two attached hydrogens (primary N) is 1. The fourth-order valence-electron chi connectivity index (χ4n) is 1.91. The zero-order valence-electron chi connectivity index (χ0n) is 11.1. The molecule has 104 valence electrons. The first-order valence-corrected chi connectivity index (χ1v) is 6.20. The maximum absolute atomic E-state index is 12.2. The second-order valence-electron chi connectivity index (χ2n) is 5.21. The van der Waals surface area contributed by atoms with Crippen molar-refractivity contribution in [3.63, 3.8) is 0 Å². The number of ether oxygens (including phenoxy) is 1. The van der Waals surface area contributed by atoms with E-state index in [0.29, 0.717) is 13.0 Å². The molecule has 18 heavy (non-hydrogen) atoms. The van der Waals surface area contributed by atoms with E-state index in [-0.39, 0.29) is 18.4 Å². The average molecular weight is 258 g/mol. The number of hydrogen-bond donors (Lipinski definition) is 3. The van der Waals surface area contributed by atoms with Crippen LogP contribution in [0.3, 0.4) is 0 Å². The number of amides is 1. The highest BCUT2D eigenvalue weighted by Gasteiger charge is 2.45. The fourth-order valence-corrected chi connectivity index (χ4v) is 1.91. The average Bonchev–Trinajstić information content (AvgIpc) is 2.66.